The smallest absolute Gasteiger partial charge is 0.327 e. The number of carbonyl (C=O) groups is 2. The molecule has 3 rings (SSSR count). The predicted molar refractivity (Wildman–Crippen MR) is 97.0 cm³/mol. The summed E-state index contributed by atoms with van der Waals surface area (Å²) in [5, 5.41) is 7.33. The second-order valence-corrected chi connectivity index (χ2v) is 6.62. The number of piperazine rings is 1. The van der Waals surface area contributed by atoms with Gasteiger partial charge in [-0.05, 0) is 24.6 Å². The molecule has 1 saturated heterocycles. The van der Waals surface area contributed by atoms with Gasteiger partial charge in [0.25, 0.3) is 5.91 Å². The lowest BCUT2D eigenvalue weighted by Crippen LogP contribution is -2.51. The number of aromatic amines is 1. The minimum absolute atomic E-state index is 0.110. The highest BCUT2D eigenvalue weighted by atomic mass is 35.5. The summed E-state index contributed by atoms with van der Waals surface area (Å²) in [6.45, 7) is 3.94. The first-order valence-corrected chi connectivity index (χ1v) is 8.76. The van der Waals surface area contributed by atoms with Crippen LogP contribution in [-0.2, 0) is 9.53 Å². The maximum atomic E-state index is 12.5. The first-order valence-electron chi connectivity index (χ1n) is 8.39. The Labute approximate surface area is 156 Å². The van der Waals surface area contributed by atoms with Crippen LogP contribution in [0.5, 0.6) is 0 Å². The van der Waals surface area contributed by atoms with Gasteiger partial charge < -0.3 is 9.64 Å². The molecular formula is C18H21ClN4O3. The molecule has 138 valence electrons. The van der Waals surface area contributed by atoms with Gasteiger partial charge >= 0.3 is 5.97 Å². The Hall–Kier alpha value is -2.38. The number of halogens is 1. The Morgan fingerprint density at radius 1 is 1.23 bits per heavy atom. The van der Waals surface area contributed by atoms with E-state index in [1.807, 2.05) is 30.0 Å². The van der Waals surface area contributed by atoms with Crippen molar-refractivity contribution in [1.29, 1.82) is 0 Å². The maximum absolute atomic E-state index is 12.5. The molecule has 0 aliphatic carbocycles. The van der Waals surface area contributed by atoms with Crippen LogP contribution in [0.25, 0.3) is 0 Å². The van der Waals surface area contributed by atoms with Crippen LogP contribution in [0.4, 0.5) is 0 Å². The molecule has 1 aliphatic rings. The first kappa shape index (κ1) is 18.4. The molecule has 26 heavy (non-hydrogen) atoms. The van der Waals surface area contributed by atoms with Crippen molar-refractivity contribution < 1.29 is 14.3 Å². The average molecular weight is 377 g/mol. The number of carbonyl (C=O) groups excluding carboxylic acids is 2. The largest absolute Gasteiger partial charge is 0.468 e. The highest BCUT2D eigenvalue weighted by molar-refractivity contribution is 6.31. The van der Waals surface area contributed by atoms with Crippen molar-refractivity contribution in [2.45, 2.75) is 13.0 Å². The van der Waals surface area contributed by atoms with E-state index in [1.165, 1.54) is 7.11 Å². The van der Waals surface area contributed by atoms with Gasteiger partial charge in [0, 0.05) is 36.9 Å². The average Bonchev–Trinajstić information content (AvgIpc) is 3.09. The summed E-state index contributed by atoms with van der Waals surface area (Å²) < 4.78 is 4.99. The van der Waals surface area contributed by atoms with Crippen molar-refractivity contribution in [3.8, 4) is 0 Å². The fraction of sp³-hybridized carbons (Fsp3) is 0.389. The van der Waals surface area contributed by atoms with E-state index in [9.17, 15) is 9.59 Å². The summed E-state index contributed by atoms with van der Waals surface area (Å²) in [6.07, 6.45) is 0. The highest BCUT2D eigenvalue weighted by Crippen LogP contribution is 2.29. The van der Waals surface area contributed by atoms with E-state index >= 15 is 0 Å². The molecule has 0 radical (unpaired) electrons. The summed E-state index contributed by atoms with van der Waals surface area (Å²) in [4.78, 5) is 28.6. The maximum Gasteiger partial charge on any atom is 0.327 e. The molecule has 0 unspecified atom stereocenters. The number of benzene rings is 1. The van der Waals surface area contributed by atoms with Crippen LogP contribution in [0.15, 0.2) is 30.3 Å². The van der Waals surface area contributed by atoms with Crippen LogP contribution in [-0.4, -0.2) is 65.2 Å². The van der Waals surface area contributed by atoms with Crippen LogP contribution in [0, 0.1) is 6.92 Å². The van der Waals surface area contributed by atoms with Crippen molar-refractivity contribution in [3.63, 3.8) is 0 Å². The number of ether oxygens (including phenoxy) is 1. The monoisotopic (exact) mass is 376 g/mol. The molecule has 1 N–H and O–H groups in total. The number of aryl methyl sites for hydroxylation is 1. The molecule has 1 atom stereocenters. The van der Waals surface area contributed by atoms with Gasteiger partial charge in [-0.1, -0.05) is 29.8 Å². The molecule has 1 aliphatic heterocycles. The van der Waals surface area contributed by atoms with E-state index in [0.717, 1.165) is 5.69 Å². The van der Waals surface area contributed by atoms with Crippen molar-refractivity contribution in [2.75, 3.05) is 33.3 Å². The van der Waals surface area contributed by atoms with Gasteiger partial charge in [0.05, 0.1) is 7.11 Å². The number of H-pyrrole nitrogens is 1. The first-order chi connectivity index (χ1) is 12.5. The zero-order valence-corrected chi connectivity index (χ0v) is 15.5. The Morgan fingerprint density at radius 2 is 1.92 bits per heavy atom. The van der Waals surface area contributed by atoms with Gasteiger partial charge in [0.1, 0.15) is 11.7 Å². The Kier molecular flexibility index (Phi) is 5.58. The summed E-state index contributed by atoms with van der Waals surface area (Å²) in [5.74, 6) is -0.470. The number of esters is 1. The third-order valence-corrected chi connectivity index (χ3v) is 4.86. The lowest BCUT2D eigenvalue weighted by Gasteiger charge is -2.38. The SMILES string of the molecule is COC(=O)[C@@H](c1ccccc1Cl)N1CCN(C(=O)c2cc(C)[nH]n2)CC1. The number of methoxy groups -OCH3 is 1. The van der Waals surface area contributed by atoms with Gasteiger partial charge in [-0.15, -0.1) is 0 Å². The Balaban J connectivity index is 1.73. The van der Waals surface area contributed by atoms with E-state index in [1.54, 1.807) is 17.0 Å². The number of amides is 1. The fourth-order valence-electron chi connectivity index (χ4n) is 3.15. The van der Waals surface area contributed by atoms with Crippen molar-refractivity contribution in [2.24, 2.45) is 0 Å². The van der Waals surface area contributed by atoms with E-state index in [2.05, 4.69) is 10.2 Å². The van der Waals surface area contributed by atoms with Crippen LogP contribution >= 0.6 is 11.6 Å². The number of hydrogen-bond donors (Lipinski definition) is 1. The molecule has 2 heterocycles. The number of aromatic nitrogens is 2. The number of nitrogens with one attached hydrogen (secondary N) is 1. The van der Waals surface area contributed by atoms with Crippen LogP contribution in [0.3, 0.4) is 0 Å². The van der Waals surface area contributed by atoms with Crippen molar-refractivity contribution in [3.05, 3.63) is 52.3 Å². The van der Waals surface area contributed by atoms with Crippen LogP contribution in [0.1, 0.15) is 27.8 Å². The third-order valence-electron chi connectivity index (χ3n) is 4.52. The van der Waals surface area contributed by atoms with Gasteiger partial charge in [-0.25, -0.2) is 4.79 Å². The van der Waals surface area contributed by atoms with Crippen molar-refractivity contribution >= 4 is 23.5 Å². The normalized spacial score (nSPS) is 16.3. The summed E-state index contributed by atoms with van der Waals surface area (Å²) in [7, 11) is 1.37. The molecule has 0 bridgehead atoms. The Morgan fingerprint density at radius 3 is 2.50 bits per heavy atom. The molecule has 1 amide bonds. The second kappa shape index (κ2) is 7.88. The lowest BCUT2D eigenvalue weighted by molar-refractivity contribution is -0.148. The topological polar surface area (TPSA) is 78.5 Å². The second-order valence-electron chi connectivity index (χ2n) is 6.21. The Bertz CT molecular complexity index is 799. The standard InChI is InChI=1S/C18H21ClN4O3/c1-12-11-15(21-20-12)17(24)23-9-7-22(8-10-23)16(18(25)26-2)13-5-3-4-6-14(13)19/h3-6,11,16H,7-10H2,1-2H3,(H,20,21)/t16-/m1/s1. The number of hydrogen-bond acceptors (Lipinski definition) is 5. The minimum Gasteiger partial charge on any atom is -0.468 e. The molecule has 8 heteroatoms. The molecule has 1 aromatic heterocycles. The van der Waals surface area contributed by atoms with Crippen LogP contribution in [0.2, 0.25) is 5.02 Å². The lowest BCUT2D eigenvalue weighted by atomic mass is 10.0. The van der Waals surface area contributed by atoms with Crippen LogP contribution < -0.4 is 0 Å². The van der Waals surface area contributed by atoms with Gasteiger partial charge in [-0.2, -0.15) is 5.10 Å². The number of rotatable bonds is 4. The molecule has 2 aromatic rings. The van der Waals surface area contributed by atoms with Gasteiger partial charge in [0.2, 0.25) is 0 Å². The molecule has 7 nitrogen and oxygen atoms in total. The predicted octanol–water partition coefficient (Wildman–Crippen LogP) is 2.04. The van der Waals surface area contributed by atoms with E-state index < -0.39 is 6.04 Å². The van der Waals surface area contributed by atoms with E-state index in [0.29, 0.717) is 42.5 Å². The zero-order valence-electron chi connectivity index (χ0n) is 14.7. The zero-order chi connectivity index (χ0) is 18.7. The van der Waals surface area contributed by atoms with Gasteiger partial charge in [0.15, 0.2) is 0 Å². The number of nitrogens with zero attached hydrogens (tertiary/aromatic N) is 3. The molecular weight excluding hydrogens is 356 g/mol. The van der Waals surface area contributed by atoms with Crippen molar-refractivity contribution in [1.82, 2.24) is 20.0 Å². The molecule has 1 aromatic carbocycles. The third kappa shape index (κ3) is 3.73. The highest BCUT2D eigenvalue weighted by Gasteiger charge is 2.34. The summed E-state index contributed by atoms with van der Waals surface area (Å²) in [6, 6.07) is 8.40. The summed E-state index contributed by atoms with van der Waals surface area (Å²) >= 11 is 6.29. The quantitative estimate of drug-likeness (QED) is 0.826. The molecule has 0 spiro atoms. The summed E-state index contributed by atoms with van der Waals surface area (Å²) in [5.41, 5.74) is 1.96. The van der Waals surface area contributed by atoms with Gasteiger partial charge in [-0.3, -0.25) is 14.8 Å². The molecule has 1 fully saturated rings. The minimum atomic E-state index is -0.585. The van der Waals surface area contributed by atoms with E-state index in [-0.39, 0.29) is 11.9 Å². The van der Waals surface area contributed by atoms with E-state index in [4.69, 9.17) is 16.3 Å². The fourth-order valence-corrected chi connectivity index (χ4v) is 3.39. The molecule has 0 saturated carbocycles.